The number of thioether (sulfide) groups is 1. The first-order chi connectivity index (χ1) is 12.7. The molecule has 0 unspecified atom stereocenters. The van der Waals surface area contributed by atoms with E-state index in [0.29, 0.717) is 23.2 Å². The highest BCUT2D eigenvalue weighted by atomic mass is 32.2. The summed E-state index contributed by atoms with van der Waals surface area (Å²) in [5.74, 6) is 1.28. The minimum absolute atomic E-state index is 0.0756. The molecule has 0 saturated carbocycles. The van der Waals surface area contributed by atoms with Crippen LogP contribution in [0, 0.1) is 0 Å². The molecule has 0 spiro atoms. The van der Waals surface area contributed by atoms with Gasteiger partial charge in [0.15, 0.2) is 5.13 Å². The molecule has 0 aliphatic heterocycles. The first kappa shape index (κ1) is 18.5. The summed E-state index contributed by atoms with van der Waals surface area (Å²) in [5.41, 5.74) is 2.94. The van der Waals surface area contributed by atoms with E-state index < -0.39 is 0 Å². The SMILES string of the molecule is CCc1coc(CSc2cnc(NC(=O)Cc3ccc(NC)cc3)s2)n1. The van der Waals surface area contributed by atoms with E-state index in [0.717, 1.165) is 27.6 Å². The lowest BCUT2D eigenvalue weighted by Gasteiger charge is -2.04. The fraction of sp³-hybridized carbons (Fsp3) is 0.278. The monoisotopic (exact) mass is 388 g/mol. The Labute approximate surface area is 160 Å². The van der Waals surface area contributed by atoms with Crippen molar-refractivity contribution in [2.24, 2.45) is 0 Å². The molecule has 2 aromatic heterocycles. The number of thiazole rings is 1. The number of oxazole rings is 1. The standard InChI is InChI=1S/C18H20N4O2S2/c1-3-13-10-24-16(21-13)11-25-17-9-20-18(26-17)22-15(23)8-12-4-6-14(19-2)7-5-12/h4-7,9-10,19H,3,8,11H2,1-2H3,(H,20,22,23). The third kappa shape index (κ3) is 5.09. The first-order valence-corrected chi connectivity index (χ1v) is 10.0. The molecule has 0 fully saturated rings. The van der Waals surface area contributed by atoms with Gasteiger partial charge in [-0.15, -0.1) is 11.8 Å². The van der Waals surface area contributed by atoms with E-state index in [1.54, 1.807) is 24.2 Å². The van der Waals surface area contributed by atoms with Gasteiger partial charge in [0.1, 0.15) is 6.26 Å². The van der Waals surface area contributed by atoms with Gasteiger partial charge in [0, 0.05) is 12.7 Å². The van der Waals surface area contributed by atoms with Gasteiger partial charge in [-0.05, 0) is 24.1 Å². The van der Waals surface area contributed by atoms with Crippen LogP contribution in [0.4, 0.5) is 10.8 Å². The van der Waals surface area contributed by atoms with E-state index in [-0.39, 0.29) is 5.91 Å². The molecule has 0 saturated heterocycles. The summed E-state index contributed by atoms with van der Waals surface area (Å²) in [4.78, 5) is 20.8. The van der Waals surface area contributed by atoms with Crippen molar-refractivity contribution in [3.8, 4) is 0 Å². The molecule has 136 valence electrons. The second kappa shape index (κ2) is 8.86. The lowest BCUT2D eigenvalue weighted by atomic mass is 10.1. The van der Waals surface area contributed by atoms with Gasteiger partial charge in [0.2, 0.25) is 11.8 Å². The number of carbonyl (C=O) groups is 1. The number of aryl methyl sites for hydroxylation is 1. The van der Waals surface area contributed by atoms with E-state index in [1.165, 1.54) is 11.3 Å². The van der Waals surface area contributed by atoms with Crippen LogP contribution in [-0.2, 0) is 23.4 Å². The molecule has 6 nitrogen and oxygen atoms in total. The molecule has 2 N–H and O–H groups in total. The van der Waals surface area contributed by atoms with Crippen LogP contribution in [0.5, 0.6) is 0 Å². The lowest BCUT2D eigenvalue weighted by Crippen LogP contribution is -2.14. The molecule has 3 aromatic rings. The number of aromatic nitrogens is 2. The van der Waals surface area contributed by atoms with Crippen molar-refractivity contribution < 1.29 is 9.21 Å². The van der Waals surface area contributed by atoms with E-state index in [4.69, 9.17) is 4.42 Å². The number of hydrogen-bond acceptors (Lipinski definition) is 7. The molecule has 8 heteroatoms. The number of amides is 1. The topological polar surface area (TPSA) is 80.0 Å². The predicted octanol–water partition coefficient (Wildman–Crippen LogP) is 4.21. The van der Waals surface area contributed by atoms with Gasteiger partial charge in [0.05, 0.1) is 28.3 Å². The van der Waals surface area contributed by atoms with Crippen molar-refractivity contribution in [1.82, 2.24) is 9.97 Å². The summed E-state index contributed by atoms with van der Waals surface area (Å²) in [5, 5.41) is 6.51. The molecule has 0 radical (unpaired) electrons. The summed E-state index contributed by atoms with van der Waals surface area (Å²) in [7, 11) is 1.87. The van der Waals surface area contributed by atoms with Crippen molar-refractivity contribution in [3.05, 3.63) is 53.9 Å². The van der Waals surface area contributed by atoms with Gasteiger partial charge >= 0.3 is 0 Å². The summed E-state index contributed by atoms with van der Waals surface area (Å²) < 4.78 is 6.42. The highest BCUT2D eigenvalue weighted by molar-refractivity contribution is 8.00. The second-order valence-corrected chi connectivity index (χ2v) is 7.84. The molecule has 1 amide bonds. The van der Waals surface area contributed by atoms with Gasteiger partial charge in [-0.3, -0.25) is 4.79 Å². The number of benzene rings is 1. The normalized spacial score (nSPS) is 10.7. The number of nitrogens with one attached hydrogen (secondary N) is 2. The quantitative estimate of drug-likeness (QED) is 0.563. The van der Waals surface area contributed by atoms with E-state index >= 15 is 0 Å². The van der Waals surface area contributed by atoms with Crippen molar-refractivity contribution in [2.45, 2.75) is 29.7 Å². The van der Waals surface area contributed by atoms with Crippen LogP contribution >= 0.6 is 23.1 Å². The molecule has 1 aromatic carbocycles. The molecular formula is C18H20N4O2S2. The zero-order valence-corrected chi connectivity index (χ0v) is 16.2. The summed E-state index contributed by atoms with van der Waals surface area (Å²) in [6.07, 6.45) is 4.64. The molecule has 0 aliphatic carbocycles. The lowest BCUT2D eigenvalue weighted by molar-refractivity contribution is -0.115. The minimum atomic E-state index is -0.0756. The first-order valence-electron chi connectivity index (χ1n) is 8.24. The van der Waals surface area contributed by atoms with Gasteiger partial charge in [-0.25, -0.2) is 9.97 Å². The Balaban J connectivity index is 1.49. The zero-order chi connectivity index (χ0) is 18.4. The van der Waals surface area contributed by atoms with E-state index in [9.17, 15) is 4.79 Å². The van der Waals surface area contributed by atoms with Crippen molar-refractivity contribution in [3.63, 3.8) is 0 Å². The van der Waals surface area contributed by atoms with Gasteiger partial charge in [0.25, 0.3) is 0 Å². The molecule has 0 aliphatic rings. The van der Waals surface area contributed by atoms with Crippen LogP contribution in [-0.4, -0.2) is 22.9 Å². The van der Waals surface area contributed by atoms with Crippen LogP contribution < -0.4 is 10.6 Å². The van der Waals surface area contributed by atoms with Crippen molar-refractivity contribution in [1.29, 1.82) is 0 Å². The third-order valence-electron chi connectivity index (χ3n) is 3.64. The molecule has 2 heterocycles. The Kier molecular flexibility index (Phi) is 6.30. The van der Waals surface area contributed by atoms with Crippen LogP contribution in [0.3, 0.4) is 0 Å². The van der Waals surface area contributed by atoms with Gasteiger partial charge in [-0.1, -0.05) is 30.4 Å². The summed E-state index contributed by atoms with van der Waals surface area (Å²) >= 11 is 3.04. The van der Waals surface area contributed by atoms with E-state index in [2.05, 4.69) is 20.6 Å². The molecule has 3 rings (SSSR count). The smallest absolute Gasteiger partial charge is 0.230 e. The molecule has 0 atom stereocenters. The Morgan fingerprint density at radius 3 is 2.81 bits per heavy atom. The van der Waals surface area contributed by atoms with Crippen molar-refractivity contribution >= 4 is 39.8 Å². The van der Waals surface area contributed by atoms with Crippen LogP contribution in [0.2, 0.25) is 0 Å². The van der Waals surface area contributed by atoms with Gasteiger partial charge in [-0.2, -0.15) is 0 Å². The highest BCUT2D eigenvalue weighted by Crippen LogP contribution is 2.30. The fourth-order valence-corrected chi connectivity index (χ4v) is 3.97. The predicted molar refractivity (Wildman–Crippen MR) is 106 cm³/mol. The maximum Gasteiger partial charge on any atom is 0.230 e. The summed E-state index contributed by atoms with van der Waals surface area (Å²) in [6, 6.07) is 7.78. The highest BCUT2D eigenvalue weighted by Gasteiger charge is 2.10. The minimum Gasteiger partial charge on any atom is -0.448 e. The van der Waals surface area contributed by atoms with Crippen LogP contribution in [0.1, 0.15) is 24.1 Å². The maximum absolute atomic E-state index is 12.2. The largest absolute Gasteiger partial charge is 0.448 e. The Morgan fingerprint density at radius 1 is 1.31 bits per heavy atom. The second-order valence-electron chi connectivity index (χ2n) is 5.53. The summed E-state index contributed by atoms with van der Waals surface area (Å²) in [6.45, 7) is 2.04. The van der Waals surface area contributed by atoms with Gasteiger partial charge < -0.3 is 15.1 Å². The van der Waals surface area contributed by atoms with E-state index in [1.807, 2.05) is 38.2 Å². The van der Waals surface area contributed by atoms with Crippen molar-refractivity contribution in [2.75, 3.05) is 17.7 Å². The fourth-order valence-electron chi connectivity index (χ4n) is 2.23. The Hall–Kier alpha value is -2.32. The average Bonchev–Trinajstić information content (AvgIpc) is 3.29. The van der Waals surface area contributed by atoms with Crippen LogP contribution in [0.25, 0.3) is 0 Å². The number of rotatable bonds is 8. The number of hydrogen-bond donors (Lipinski definition) is 2. The number of anilines is 2. The van der Waals surface area contributed by atoms with Crippen LogP contribution in [0.15, 0.2) is 45.4 Å². The molecule has 0 bridgehead atoms. The molecule has 26 heavy (non-hydrogen) atoms. The maximum atomic E-state index is 12.2. The molecular weight excluding hydrogens is 368 g/mol. The Bertz CT molecular complexity index is 858. The third-order valence-corrected chi connectivity index (χ3v) is 5.73. The zero-order valence-electron chi connectivity index (χ0n) is 14.6. The number of nitrogens with zero attached hydrogens (tertiary/aromatic N) is 2. The number of carbonyl (C=O) groups excluding carboxylic acids is 1. The Morgan fingerprint density at radius 2 is 2.12 bits per heavy atom. The average molecular weight is 389 g/mol.